The molecular formula is C16H22F2N2O. The average molecular weight is 296 g/mol. The van der Waals surface area contributed by atoms with Gasteiger partial charge in [0.05, 0.1) is 5.56 Å². The monoisotopic (exact) mass is 296 g/mol. The normalized spacial score (nSPS) is 22.1. The maximum atomic E-state index is 13.8. The molecule has 0 aliphatic heterocycles. The van der Waals surface area contributed by atoms with Gasteiger partial charge >= 0.3 is 0 Å². The molecule has 3 nitrogen and oxygen atoms in total. The third-order valence-electron chi connectivity index (χ3n) is 4.33. The molecule has 1 aromatic rings. The van der Waals surface area contributed by atoms with Crippen molar-refractivity contribution in [2.75, 3.05) is 13.1 Å². The van der Waals surface area contributed by atoms with Crippen LogP contribution in [0.2, 0.25) is 0 Å². The van der Waals surface area contributed by atoms with Gasteiger partial charge in [-0.1, -0.05) is 12.8 Å². The Morgan fingerprint density at radius 2 is 2.05 bits per heavy atom. The summed E-state index contributed by atoms with van der Waals surface area (Å²) in [6, 6.07) is 3.01. The van der Waals surface area contributed by atoms with Gasteiger partial charge in [0.1, 0.15) is 11.6 Å². The Balaban J connectivity index is 2.27. The molecule has 0 heterocycles. The lowest BCUT2D eigenvalue weighted by atomic mass is 9.83. The summed E-state index contributed by atoms with van der Waals surface area (Å²) in [6.45, 7) is 2.84. The summed E-state index contributed by atoms with van der Waals surface area (Å²) in [5.74, 6) is -1.49. The minimum Gasteiger partial charge on any atom is -0.336 e. The highest BCUT2D eigenvalue weighted by Gasteiger charge is 2.32. The minimum absolute atomic E-state index is 0.0175. The van der Waals surface area contributed by atoms with E-state index in [4.69, 9.17) is 5.73 Å². The summed E-state index contributed by atoms with van der Waals surface area (Å²) in [7, 11) is 0. The second-order valence-electron chi connectivity index (χ2n) is 5.56. The van der Waals surface area contributed by atoms with Crippen LogP contribution in [0.3, 0.4) is 0 Å². The van der Waals surface area contributed by atoms with Gasteiger partial charge in [-0.2, -0.15) is 0 Å². The summed E-state index contributed by atoms with van der Waals surface area (Å²) in [4.78, 5) is 14.2. The van der Waals surface area contributed by atoms with Crippen molar-refractivity contribution in [2.45, 2.75) is 38.6 Å². The molecule has 0 aromatic heterocycles. The molecule has 2 unspecified atom stereocenters. The van der Waals surface area contributed by atoms with Crippen LogP contribution in [0.5, 0.6) is 0 Å². The molecule has 1 fully saturated rings. The molecule has 2 rings (SSSR count). The first kappa shape index (κ1) is 15.9. The molecule has 0 spiro atoms. The highest BCUT2D eigenvalue weighted by Crippen LogP contribution is 2.29. The fourth-order valence-electron chi connectivity index (χ4n) is 3.22. The number of nitrogens with two attached hydrogens (primary N) is 1. The Kier molecular flexibility index (Phi) is 5.28. The first-order valence-electron chi connectivity index (χ1n) is 7.54. The van der Waals surface area contributed by atoms with Crippen LogP contribution in [0.25, 0.3) is 0 Å². The zero-order valence-electron chi connectivity index (χ0n) is 12.3. The van der Waals surface area contributed by atoms with E-state index in [9.17, 15) is 13.6 Å². The van der Waals surface area contributed by atoms with Gasteiger partial charge in [0.25, 0.3) is 5.91 Å². The van der Waals surface area contributed by atoms with Crippen LogP contribution in [0, 0.1) is 17.6 Å². The van der Waals surface area contributed by atoms with E-state index in [0.29, 0.717) is 13.1 Å². The van der Waals surface area contributed by atoms with Gasteiger partial charge in [-0.15, -0.1) is 0 Å². The number of hydrogen-bond acceptors (Lipinski definition) is 2. The fraction of sp³-hybridized carbons (Fsp3) is 0.562. The smallest absolute Gasteiger partial charge is 0.257 e. The molecule has 0 bridgehead atoms. The summed E-state index contributed by atoms with van der Waals surface area (Å²) >= 11 is 0. The Labute approximate surface area is 124 Å². The molecule has 0 radical (unpaired) electrons. The van der Waals surface area contributed by atoms with Crippen LogP contribution in [-0.2, 0) is 0 Å². The number of halogens is 2. The number of benzene rings is 1. The van der Waals surface area contributed by atoms with E-state index >= 15 is 0 Å². The third kappa shape index (κ3) is 3.40. The topological polar surface area (TPSA) is 46.3 Å². The van der Waals surface area contributed by atoms with Gasteiger partial charge in [-0.3, -0.25) is 4.79 Å². The molecule has 21 heavy (non-hydrogen) atoms. The van der Waals surface area contributed by atoms with Gasteiger partial charge in [-0.25, -0.2) is 8.78 Å². The highest BCUT2D eigenvalue weighted by atomic mass is 19.1. The predicted molar refractivity (Wildman–Crippen MR) is 77.9 cm³/mol. The molecule has 116 valence electrons. The fourth-order valence-corrected chi connectivity index (χ4v) is 3.22. The van der Waals surface area contributed by atoms with E-state index in [0.717, 1.165) is 43.9 Å². The molecule has 1 saturated carbocycles. The van der Waals surface area contributed by atoms with E-state index in [-0.39, 0.29) is 17.5 Å². The van der Waals surface area contributed by atoms with Crippen molar-refractivity contribution in [2.24, 2.45) is 11.7 Å². The molecule has 5 heteroatoms. The van der Waals surface area contributed by atoms with Gasteiger partial charge in [0.2, 0.25) is 0 Å². The highest BCUT2D eigenvalue weighted by molar-refractivity contribution is 5.94. The van der Waals surface area contributed by atoms with Crippen LogP contribution in [0.4, 0.5) is 8.78 Å². The molecule has 1 aromatic carbocycles. The zero-order valence-corrected chi connectivity index (χ0v) is 12.3. The van der Waals surface area contributed by atoms with Gasteiger partial charge in [-0.05, 0) is 50.4 Å². The molecule has 1 aliphatic rings. The summed E-state index contributed by atoms with van der Waals surface area (Å²) in [6.07, 6.45) is 4.00. The van der Waals surface area contributed by atoms with E-state index in [1.807, 2.05) is 6.92 Å². The van der Waals surface area contributed by atoms with E-state index in [1.54, 1.807) is 4.90 Å². The molecule has 1 aliphatic carbocycles. The average Bonchev–Trinajstić information content (AvgIpc) is 2.50. The largest absolute Gasteiger partial charge is 0.336 e. The Bertz CT molecular complexity index is 507. The van der Waals surface area contributed by atoms with Crippen molar-refractivity contribution in [3.05, 3.63) is 35.4 Å². The zero-order chi connectivity index (χ0) is 15.4. The third-order valence-corrected chi connectivity index (χ3v) is 4.33. The number of nitrogens with zero attached hydrogens (tertiary/aromatic N) is 1. The molecule has 0 saturated heterocycles. The van der Waals surface area contributed by atoms with Gasteiger partial charge in [0.15, 0.2) is 0 Å². The predicted octanol–water partition coefficient (Wildman–Crippen LogP) is 2.94. The van der Waals surface area contributed by atoms with E-state index < -0.39 is 17.5 Å². The summed E-state index contributed by atoms with van der Waals surface area (Å²) in [5, 5.41) is 0. The second-order valence-corrected chi connectivity index (χ2v) is 5.56. The lowest BCUT2D eigenvalue weighted by Gasteiger charge is -2.39. The minimum atomic E-state index is -0.681. The van der Waals surface area contributed by atoms with Crippen molar-refractivity contribution < 1.29 is 13.6 Å². The van der Waals surface area contributed by atoms with Crippen LogP contribution in [0.1, 0.15) is 43.0 Å². The van der Waals surface area contributed by atoms with Crippen LogP contribution in [0.15, 0.2) is 18.2 Å². The lowest BCUT2D eigenvalue weighted by Crippen LogP contribution is -2.48. The Morgan fingerprint density at radius 1 is 1.33 bits per heavy atom. The lowest BCUT2D eigenvalue weighted by molar-refractivity contribution is 0.0555. The maximum absolute atomic E-state index is 13.8. The van der Waals surface area contributed by atoms with E-state index in [1.165, 1.54) is 0 Å². The summed E-state index contributed by atoms with van der Waals surface area (Å²) < 4.78 is 27.1. The molecule has 1 amide bonds. The number of amides is 1. The van der Waals surface area contributed by atoms with Gasteiger partial charge in [0, 0.05) is 12.6 Å². The number of carbonyl (C=O) groups excluding carboxylic acids is 1. The molecular weight excluding hydrogens is 274 g/mol. The van der Waals surface area contributed by atoms with Crippen molar-refractivity contribution in [1.29, 1.82) is 0 Å². The summed E-state index contributed by atoms with van der Waals surface area (Å²) in [5.41, 5.74) is 5.61. The Morgan fingerprint density at radius 3 is 2.71 bits per heavy atom. The standard InChI is InChI=1S/C16H22F2N2O/c1-2-20(15-6-4-3-5-11(15)10-19)16(21)13-9-12(17)7-8-14(13)18/h7-9,11,15H,2-6,10,19H2,1H3. The number of hydrogen-bond donors (Lipinski definition) is 1. The maximum Gasteiger partial charge on any atom is 0.257 e. The molecule has 2 N–H and O–H groups in total. The van der Waals surface area contributed by atoms with Crippen LogP contribution < -0.4 is 5.73 Å². The number of carbonyl (C=O) groups is 1. The first-order valence-corrected chi connectivity index (χ1v) is 7.54. The second kappa shape index (κ2) is 6.98. The van der Waals surface area contributed by atoms with Crippen molar-refractivity contribution >= 4 is 5.91 Å². The van der Waals surface area contributed by atoms with Crippen LogP contribution >= 0.6 is 0 Å². The van der Waals surface area contributed by atoms with E-state index in [2.05, 4.69) is 0 Å². The SMILES string of the molecule is CCN(C(=O)c1cc(F)ccc1F)C1CCCCC1CN. The van der Waals surface area contributed by atoms with Gasteiger partial charge < -0.3 is 10.6 Å². The first-order chi connectivity index (χ1) is 10.1. The quantitative estimate of drug-likeness (QED) is 0.928. The van der Waals surface area contributed by atoms with Crippen molar-refractivity contribution in [3.63, 3.8) is 0 Å². The Hall–Kier alpha value is -1.49. The van der Waals surface area contributed by atoms with Crippen molar-refractivity contribution in [3.8, 4) is 0 Å². The molecule has 2 atom stereocenters. The van der Waals surface area contributed by atoms with Crippen LogP contribution in [-0.4, -0.2) is 29.9 Å². The number of rotatable bonds is 4. The van der Waals surface area contributed by atoms with Crippen molar-refractivity contribution in [1.82, 2.24) is 4.90 Å².